The van der Waals surface area contributed by atoms with Gasteiger partial charge >= 0.3 is 0 Å². The molecule has 0 amide bonds. The van der Waals surface area contributed by atoms with Crippen molar-refractivity contribution in [2.24, 2.45) is 5.92 Å². The maximum absolute atomic E-state index is 11.4. The molecule has 1 aromatic rings. The first-order valence-corrected chi connectivity index (χ1v) is 9.31. The molecule has 0 bridgehead atoms. The molecule has 3 nitrogen and oxygen atoms in total. The molecule has 106 valence electrons. The molecule has 1 heterocycles. The van der Waals surface area contributed by atoms with E-state index in [1.165, 1.54) is 5.56 Å². The predicted octanol–water partition coefficient (Wildman–Crippen LogP) is 2.92. The Labute approximate surface area is 123 Å². The van der Waals surface area contributed by atoms with E-state index in [0.717, 1.165) is 23.9 Å². The van der Waals surface area contributed by atoms with E-state index >= 15 is 0 Å². The fourth-order valence-electron chi connectivity index (χ4n) is 2.56. The molecular weight excluding hydrogens is 326 g/mol. The highest BCUT2D eigenvalue weighted by atomic mass is 79.9. The van der Waals surface area contributed by atoms with E-state index < -0.39 is 9.84 Å². The summed E-state index contributed by atoms with van der Waals surface area (Å²) < 4.78 is 23.9. The van der Waals surface area contributed by atoms with Crippen LogP contribution in [-0.4, -0.2) is 26.5 Å². The average molecular weight is 346 g/mol. The van der Waals surface area contributed by atoms with Crippen molar-refractivity contribution in [2.75, 3.05) is 18.1 Å². The molecule has 1 aliphatic heterocycles. The van der Waals surface area contributed by atoms with Crippen molar-refractivity contribution in [3.05, 3.63) is 34.3 Å². The first-order valence-electron chi connectivity index (χ1n) is 6.69. The minimum Gasteiger partial charge on any atom is -0.310 e. The summed E-state index contributed by atoms with van der Waals surface area (Å²) in [6.45, 7) is 2.92. The molecular formula is C14H20BrNO2S. The van der Waals surface area contributed by atoms with Gasteiger partial charge in [-0.25, -0.2) is 8.42 Å². The summed E-state index contributed by atoms with van der Waals surface area (Å²) in [5.41, 5.74) is 1.25. The fraction of sp³-hybridized carbons (Fsp3) is 0.571. The average Bonchev–Trinajstić information content (AvgIpc) is 2.70. The Bertz CT molecular complexity index is 530. The van der Waals surface area contributed by atoms with Crippen LogP contribution >= 0.6 is 15.9 Å². The van der Waals surface area contributed by atoms with E-state index in [-0.39, 0.29) is 5.92 Å². The Morgan fingerprint density at radius 1 is 1.47 bits per heavy atom. The molecule has 0 spiro atoms. The van der Waals surface area contributed by atoms with E-state index in [1.54, 1.807) is 0 Å². The molecule has 0 saturated carbocycles. The topological polar surface area (TPSA) is 46.2 Å². The summed E-state index contributed by atoms with van der Waals surface area (Å²) in [4.78, 5) is 0. The Balaban J connectivity index is 1.93. The molecule has 1 saturated heterocycles. The van der Waals surface area contributed by atoms with Crippen LogP contribution < -0.4 is 5.32 Å². The molecule has 2 unspecified atom stereocenters. The van der Waals surface area contributed by atoms with Crippen molar-refractivity contribution in [1.82, 2.24) is 5.32 Å². The van der Waals surface area contributed by atoms with Crippen molar-refractivity contribution in [1.29, 1.82) is 0 Å². The molecule has 1 fully saturated rings. The van der Waals surface area contributed by atoms with E-state index in [1.807, 2.05) is 12.1 Å². The van der Waals surface area contributed by atoms with Gasteiger partial charge in [0.15, 0.2) is 9.84 Å². The van der Waals surface area contributed by atoms with Crippen LogP contribution in [0.4, 0.5) is 0 Å². The number of nitrogens with one attached hydrogen (secondary N) is 1. The van der Waals surface area contributed by atoms with Crippen molar-refractivity contribution < 1.29 is 8.42 Å². The third kappa shape index (κ3) is 4.29. The predicted molar refractivity (Wildman–Crippen MR) is 81.9 cm³/mol. The van der Waals surface area contributed by atoms with Gasteiger partial charge in [-0.05, 0) is 43.0 Å². The van der Waals surface area contributed by atoms with Gasteiger partial charge in [0.05, 0.1) is 11.5 Å². The largest absolute Gasteiger partial charge is 0.310 e. The molecule has 0 aliphatic carbocycles. The molecule has 0 radical (unpaired) electrons. The van der Waals surface area contributed by atoms with E-state index in [4.69, 9.17) is 0 Å². The summed E-state index contributed by atoms with van der Waals surface area (Å²) in [5.74, 6) is 0.966. The van der Waals surface area contributed by atoms with Crippen LogP contribution in [0.2, 0.25) is 0 Å². The lowest BCUT2D eigenvalue weighted by molar-refractivity contribution is 0.450. The van der Waals surface area contributed by atoms with Crippen molar-refractivity contribution in [3.63, 3.8) is 0 Å². The molecule has 1 aliphatic rings. The third-order valence-corrected chi connectivity index (χ3v) is 5.97. The van der Waals surface area contributed by atoms with Gasteiger partial charge in [0, 0.05) is 10.5 Å². The zero-order valence-corrected chi connectivity index (χ0v) is 13.5. The van der Waals surface area contributed by atoms with Crippen molar-refractivity contribution in [3.8, 4) is 0 Å². The molecule has 19 heavy (non-hydrogen) atoms. The summed E-state index contributed by atoms with van der Waals surface area (Å²) in [7, 11) is -2.77. The summed E-state index contributed by atoms with van der Waals surface area (Å²) in [5, 5.41) is 3.51. The van der Waals surface area contributed by atoms with Crippen LogP contribution in [0.1, 0.15) is 31.4 Å². The van der Waals surface area contributed by atoms with Gasteiger partial charge < -0.3 is 5.32 Å². The van der Waals surface area contributed by atoms with Crippen molar-refractivity contribution in [2.45, 2.75) is 25.8 Å². The lowest BCUT2D eigenvalue weighted by atomic mass is 10.0. The van der Waals surface area contributed by atoms with Crippen LogP contribution in [0.3, 0.4) is 0 Å². The standard InChI is InChI=1S/C14H20BrNO2S/c1-2-14(12-4-3-5-13(15)8-12)16-9-11-6-7-19(17,18)10-11/h3-5,8,11,14,16H,2,6-7,9-10H2,1H3. The lowest BCUT2D eigenvalue weighted by Crippen LogP contribution is -2.27. The van der Waals surface area contributed by atoms with E-state index in [0.29, 0.717) is 17.5 Å². The van der Waals surface area contributed by atoms with Gasteiger partial charge in [-0.1, -0.05) is 35.0 Å². The molecule has 1 N–H and O–H groups in total. The van der Waals surface area contributed by atoms with Gasteiger partial charge in [0.25, 0.3) is 0 Å². The normalized spacial score (nSPS) is 23.4. The number of hydrogen-bond acceptors (Lipinski definition) is 3. The van der Waals surface area contributed by atoms with Gasteiger partial charge in [0.2, 0.25) is 0 Å². The van der Waals surface area contributed by atoms with Gasteiger partial charge in [-0.2, -0.15) is 0 Å². The maximum atomic E-state index is 11.4. The second-order valence-electron chi connectivity index (χ2n) is 5.19. The van der Waals surface area contributed by atoms with Crippen LogP contribution in [0, 0.1) is 5.92 Å². The van der Waals surface area contributed by atoms with E-state index in [9.17, 15) is 8.42 Å². The Hall–Kier alpha value is -0.390. The van der Waals surface area contributed by atoms with Gasteiger partial charge in [-0.15, -0.1) is 0 Å². The maximum Gasteiger partial charge on any atom is 0.150 e. The smallest absolute Gasteiger partial charge is 0.150 e. The summed E-state index contributed by atoms with van der Waals surface area (Å²) >= 11 is 3.48. The van der Waals surface area contributed by atoms with Crippen LogP contribution in [0.15, 0.2) is 28.7 Å². The second-order valence-corrected chi connectivity index (χ2v) is 8.34. The SMILES string of the molecule is CCC(NCC1CCS(=O)(=O)C1)c1cccc(Br)c1. The number of halogens is 1. The molecule has 2 atom stereocenters. The monoisotopic (exact) mass is 345 g/mol. The van der Waals surface area contributed by atoms with Crippen molar-refractivity contribution >= 4 is 25.8 Å². The zero-order valence-electron chi connectivity index (χ0n) is 11.1. The molecule has 0 aromatic heterocycles. The zero-order chi connectivity index (χ0) is 13.9. The third-order valence-electron chi connectivity index (χ3n) is 3.64. The lowest BCUT2D eigenvalue weighted by Gasteiger charge is -2.20. The Kier molecular flexibility index (Phi) is 5.03. The second kappa shape index (κ2) is 6.37. The summed E-state index contributed by atoms with van der Waals surface area (Å²) in [6, 6.07) is 8.56. The molecule has 2 rings (SSSR count). The molecule has 5 heteroatoms. The first kappa shape index (κ1) is 15.0. The molecule has 1 aromatic carbocycles. The fourth-order valence-corrected chi connectivity index (χ4v) is 4.84. The minimum absolute atomic E-state index is 0.270. The highest BCUT2D eigenvalue weighted by Crippen LogP contribution is 2.23. The highest BCUT2D eigenvalue weighted by molar-refractivity contribution is 9.10. The number of rotatable bonds is 5. The van der Waals surface area contributed by atoms with Crippen LogP contribution in [0.25, 0.3) is 0 Å². The van der Waals surface area contributed by atoms with Crippen LogP contribution in [0.5, 0.6) is 0 Å². The summed E-state index contributed by atoms with van der Waals surface area (Å²) in [6.07, 6.45) is 1.79. The van der Waals surface area contributed by atoms with Gasteiger partial charge in [0.1, 0.15) is 0 Å². The minimum atomic E-state index is -2.77. The Morgan fingerprint density at radius 2 is 2.26 bits per heavy atom. The van der Waals surface area contributed by atoms with Gasteiger partial charge in [-0.3, -0.25) is 0 Å². The van der Waals surface area contributed by atoms with Crippen LogP contribution in [-0.2, 0) is 9.84 Å². The number of hydrogen-bond donors (Lipinski definition) is 1. The number of sulfone groups is 1. The number of benzene rings is 1. The van der Waals surface area contributed by atoms with E-state index in [2.05, 4.69) is 40.3 Å². The highest BCUT2D eigenvalue weighted by Gasteiger charge is 2.28. The first-order chi connectivity index (χ1) is 9.00. The Morgan fingerprint density at radius 3 is 2.84 bits per heavy atom. The quantitative estimate of drug-likeness (QED) is 0.892.